The zero-order valence-corrected chi connectivity index (χ0v) is 9.04. The molecule has 0 radical (unpaired) electrons. The molecular formula is C12H20O. The van der Waals surface area contributed by atoms with Crippen LogP contribution in [0.3, 0.4) is 0 Å². The second-order valence-corrected chi connectivity index (χ2v) is 3.45. The second-order valence-electron chi connectivity index (χ2n) is 3.45. The molecule has 0 aliphatic heterocycles. The third-order valence-corrected chi connectivity index (χ3v) is 1.56. The Hall–Kier alpha value is -0.980. The maximum absolute atomic E-state index is 8.94. The first-order valence-electron chi connectivity index (χ1n) is 4.90. The second kappa shape index (κ2) is 6.53. The summed E-state index contributed by atoms with van der Waals surface area (Å²) in [5.41, 5.74) is 1.26. The van der Waals surface area contributed by atoms with E-state index in [0.29, 0.717) is 11.7 Å². The van der Waals surface area contributed by atoms with Gasteiger partial charge in [0.2, 0.25) is 0 Å². The molecule has 0 saturated heterocycles. The minimum Gasteiger partial charge on any atom is -0.508 e. The summed E-state index contributed by atoms with van der Waals surface area (Å²) in [5.74, 6) is 0.880. The number of hydrogen-bond donors (Lipinski definition) is 1. The van der Waals surface area contributed by atoms with Crippen molar-refractivity contribution in [1.29, 1.82) is 0 Å². The maximum atomic E-state index is 8.94. The first kappa shape index (κ1) is 12.0. The fourth-order valence-electron chi connectivity index (χ4n) is 0.859. The van der Waals surface area contributed by atoms with Crippen LogP contribution in [0, 0.1) is 0 Å². The molecule has 0 saturated carbocycles. The van der Waals surface area contributed by atoms with Gasteiger partial charge >= 0.3 is 0 Å². The van der Waals surface area contributed by atoms with E-state index in [-0.39, 0.29) is 0 Å². The average Bonchev–Trinajstić information content (AvgIpc) is 2.06. The van der Waals surface area contributed by atoms with Crippen molar-refractivity contribution >= 4 is 0 Å². The molecule has 13 heavy (non-hydrogen) atoms. The van der Waals surface area contributed by atoms with Crippen molar-refractivity contribution in [2.24, 2.45) is 0 Å². The number of phenolic OH excluding ortho intramolecular Hbond substituents is 1. The van der Waals surface area contributed by atoms with Crippen LogP contribution in [0.25, 0.3) is 0 Å². The van der Waals surface area contributed by atoms with Gasteiger partial charge in [0.25, 0.3) is 0 Å². The van der Waals surface area contributed by atoms with Crippen LogP contribution in [0.1, 0.15) is 45.6 Å². The van der Waals surface area contributed by atoms with Gasteiger partial charge in [0.15, 0.2) is 0 Å². The van der Waals surface area contributed by atoms with E-state index in [1.165, 1.54) is 12.0 Å². The van der Waals surface area contributed by atoms with Crippen LogP contribution in [-0.2, 0) is 0 Å². The van der Waals surface area contributed by atoms with Gasteiger partial charge in [0, 0.05) is 0 Å². The highest BCUT2D eigenvalue weighted by molar-refractivity contribution is 5.27. The van der Waals surface area contributed by atoms with E-state index in [4.69, 9.17) is 5.11 Å². The van der Waals surface area contributed by atoms with Crippen molar-refractivity contribution in [3.05, 3.63) is 29.8 Å². The van der Waals surface area contributed by atoms with E-state index in [2.05, 4.69) is 27.7 Å². The van der Waals surface area contributed by atoms with Gasteiger partial charge in [-0.2, -0.15) is 0 Å². The topological polar surface area (TPSA) is 20.2 Å². The highest BCUT2D eigenvalue weighted by Gasteiger charge is 1.96. The molecule has 0 aromatic heterocycles. The number of hydrogen-bond acceptors (Lipinski definition) is 1. The SMILES string of the molecule is CC(C)c1ccc(O)cc1.CCC. The Labute approximate surface area is 81.4 Å². The fourth-order valence-corrected chi connectivity index (χ4v) is 0.859. The Balaban J connectivity index is 0.000000424. The highest BCUT2D eigenvalue weighted by atomic mass is 16.3. The summed E-state index contributed by atoms with van der Waals surface area (Å²) in [6.07, 6.45) is 1.25. The van der Waals surface area contributed by atoms with Crippen LogP contribution in [0.5, 0.6) is 5.75 Å². The van der Waals surface area contributed by atoms with E-state index < -0.39 is 0 Å². The molecule has 1 rings (SSSR count). The number of rotatable bonds is 1. The van der Waals surface area contributed by atoms with E-state index in [9.17, 15) is 0 Å². The van der Waals surface area contributed by atoms with Crippen molar-refractivity contribution in [2.45, 2.75) is 40.0 Å². The third-order valence-electron chi connectivity index (χ3n) is 1.56. The van der Waals surface area contributed by atoms with Gasteiger partial charge in [0.1, 0.15) is 5.75 Å². The quantitative estimate of drug-likeness (QED) is 0.694. The lowest BCUT2D eigenvalue weighted by molar-refractivity contribution is 0.475. The van der Waals surface area contributed by atoms with Crippen LogP contribution in [0.15, 0.2) is 24.3 Å². The lowest BCUT2D eigenvalue weighted by atomic mass is 10.0. The third kappa shape index (κ3) is 5.29. The summed E-state index contributed by atoms with van der Waals surface area (Å²) < 4.78 is 0. The first-order valence-corrected chi connectivity index (χ1v) is 4.90. The molecule has 1 aromatic rings. The van der Waals surface area contributed by atoms with Crippen molar-refractivity contribution in [3.63, 3.8) is 0 Å². The van der Waals surface area contributed by atoms with Crippen LogP contribution < -0.4 is 0 Å². The fraction of sp³-hybridized carbons (Fsp3) is 0.500. The molecule has 1 heteroatoms. The van der Waals surface area contributed by atoms with Crippen molar-refractivity contribution in [2.75, 3.05) is 0 Å². The summed E-state index contributed by atoms with van der Waals surface area (Å²) in [5, 5.41) is 8.94. The van der Waals surface area contributed by atoms with Crippen LogP contribution in [0.2, 0.25) is 0 Å². The van der Waals surface area contributed by atoms with Gasteiger partial charge in [0.05, 0.1) is 0 Å². The van der Waals surface area contributed by atoms with Crippen molar-refractivity contribution in [1.82, 2.24) is 0 Å². The Morgan fingerprint density at radius 1 is 1.08 bits per heavy atom. The summed E-state index contributed by atoms with van der Waals surface area (Å²) in [4.78, 5) is 0. The highest BCUT2D eigenvalue weighted by Crippen LogP contribution is 2.16. The predicted octanol–water partition coefficient (Wildman–Crippen LogP) is 3.93. The molecule has 0 heterocycles. The van der Waals surface area contributed by atoms with Gasteiger partial charge < -0.3 is 5.11 Å². The van der Waals surface area contributed by atoms with Crippen LogP contribution >= 0.6 is 0 Å². The molecule has 74 valence electrons. The minimum absolute atomic E-state index is 0.337. The summed E-state index contributed by atoms with van der Waals surface area (Å²) in [7, 11) is 0. The van der Waals surface area contributed by atoms with E-state index in [0.717, 1.165) is 0 Å². The van der Waals surface area contributed by atoms with E-state index in [1.807, 2.05) is 12.1 Å². The number of phenols is 1. The van der Waals surface area contributed by atoms with Crippen LogP contribution in [-0.4, -0.2) is 5.11 Å². The number of benzene rings is 1. The molecule has 0 aliphatic rings. The Morgan fingerprint density at radius 2 is 1.46 bits per heavy atom. The zero-order chi connectivity index (χ0) is 10.3. The average molecular weight is 180 g/mol. The van der Waals surface area contributed by atoms with Crippen LogP contribution in [0.4, 0.5) is 0 Å². The number of aromatic hydroxyl groups is 1. The van der Waals surface area contributed by atoms with E-state index >= 15 is 0 Å². The lowest BCUT2D eigenvalue weighted by Gasteiger charge is -2.03. The smallest absolute Gasteiger partial charge is 0.115 e. The molecule has 0 spiro atoms. The summed E-state index contributed by atoms with van der Waals surface area (Å²) in [6.45, 7) is 8.51. The zero-order valence-electron chi connectivity index (χ0n) is 9.04. The van der Waals surface area contributed by atoms with Gasteiger partial charge in [-0.25, -0.2) is 0 Å². The molecule has 1 aromatic carbocycles. The molecule has 1 N–H and O–H groups in total. The van der Waals surface area contributed by atoms with Gasteiger partial charge in [-0.15, -0.1) is 0 Å². The molecule has 0 unspecified atom stereocenters. The molecular weight excluding hydrogens is 160 g/mol. The molecule has 0 bridgehead atoms. The minimum atomic E-state index is 0.337. The van der Waals surface area contributed by atoms with Gasteiger partial charge in [-0.05, 0) is 23.6 Å². The first-order chi connectivity index (χ1) is 6.11. The Bertz CT molecular complexity index is 211. The molecule has 0 atom stereocenters. The maximum Gasteiger partial charge on any atom is 0.115 e. The molecule has 1 nitrogen and oxygen atoms in total. The van der Waals surface area contributed by atoms with Gasteiger partial charge in [-0.3, -0.25) is 0 Å². The van der Waals surface area contributed by atoms with E-state index in [1.54, 1.807) is 12.1 Å². The Kier molecular flexibility index (Phi) is 6.03. The monoisotopic (exact) mass is 180 g/mol. The lowest BCUT2D eigenvalue weighted by Crippen LogP contribution is -1.84. The normalized spacial score (nSPS) is 9.31. The summed E-state index contributed by atoms with van der Waals surface area (Å²) >= 11 is 0. The molecule has 0 fully saturated rings. The summed E-state index contributed by atoms with van der Waals surface area (Å²) in [6, 6.07) is 7.32. The largest absolute Gasteiger partial charge is 0.508 e. The van der Waals surface area contributed by atoms with Crippen molar-refractivity contribution < 1.29 is 5.11 Å². The molecule has 0 amide bonds. The van der Waals surface area contributed by atoms with Crippen molar-refractivity contribution in [3.8, 4) is 5.75 Å². The van der Waals surface area contributed by atoms with Gasteiger partial charge in [-0.1, -0.05) is 46.2 Å². The standard InChI is InChI=1S/C9H12O.C3H8/c1-7(2)8-3-5-9(10)6-4-8;1-3-2/h3-7,10H,1-2H3;3H2,1-2H3. The molecule has 0 aliphatic carbocycles. The Morgan fingerprint density at radius 3 is 1.77 bits per heavy atom. The predicted molar refractivity (Wildman–Crippen MR) is 58.2 cm³/mol.